The molecule has 0 fully saturated rings. The molecule has 6 aromatic heterocycles. The van der Waals surface area contributed by atoms with Crippen molar-refractivity contribution < 1.29 is 26.4 Å². The predicted octanol–water partition coefficient (Wildman–Crippen LogP) is 6.60. The fraction of sp³-hybridized carbons (Fsp3) is 0. The van der Waals surface area contributed by atoms with Crippen molar-refractivity contribution in [1.29, 1.82) is 0 Å². The fourth-order valence-electron chi connectivity index (χ4n) is 4.78. The Morgan fingerprint density at radius 3 is 1.57 bits per heavy atom. The monoisotopic (exact) mass is 660 g/mol. The van der Waals surface area contributed by atoms with Crippen molar-refractivity contribution in [3.8, 4) is 45.3 Å². The second-order valence-corrected chi connectivity index (χ2v) is 10.1. The number of nitrogens with one attached hydrogen (secondary N) is 1. The number of nitrogens with two attached hydrogens (primary N) is 1. The van der Waals surface area contributed by atoms with Crippen molar-refractivity contribution in [3.63, 3.8) is 0 Å². The van der Waals surface area contributed by atoms with Gasteiger partial charge in [0.25, 0.3) is 0 Å². The number of halogens is 5. The number of hydrogen-bond acceptors (Lipinski definition) is 10. The van der Waals surface area contributed by atoms with Gasteiger partial charge in [-0.3, -0.25) is 8.80 Å². The van der Waals surface area contributed by atoms with Gasteiger partial charge < -0.3 is 14.3 Å². The van der Waals surface area contributed by atoms with Crippen molar-refractivity contribution in [1.82, 2.24) is 39.2 Å². The predicted molar refractivity (Wildman–Crippen MR) is 160 cm³/mol. The summed E-state index contributed by atoms with van der Waals surface area (Å²) >= 11 is 5.75. The third kappa shape index (κ3) is 5.51. The molecule has 12 nitrogen and oxygen atoms in total. The van der Waals surface area contributed by atoms with Gasteiger partial charge in [0, 0.05) is 35.7 Å². The molecule has 0 aliphatic carbocycles. The molecular formula is C30H17ClF4N10O2. The Kier molecular flexibility index (Phi) is 7.55. The molecule has 0 unspecified atom stereocenters. The summed E-state index contributed by atoms with van der Waals surface area (Å²) in [4.78, 5) is 8.54. The van der Waals surface area contributed by atoms with Gasteiger partial charge in [0.05, 0.1) is 0 Å². The topological polar surface area (TPSA) is 150 Å². The van der Waals surface area contributed by atoms with Crippen LogP contribution < -0.4 is 11.3 Å². The minimum absolute atomic E-state index is 0.133. The summed E-state index contributed by atoms with van der Waals surface area (Å²) in [7, 11) is 0. The average molecular weight is 661 g/mol. The molecule has 0 aliphatic heterocycles. The molecule has 3 N–H and O–H groups in total. The summed E-state index contributed by atoms with van der Waals surface area (Å²) in [6, 6.07) is 13.0. The van der Waals surface area contributed by atoms with Gasteiger partial charge in [0.1, 0.15) is 70.0 Å². The van der Waals surface area contributed by atoms with E-state index in [2.05, 4.69) is 35.8 Å². The van der Waals surface area contributed by atoms with Crippen LogP contribution in [0.4, 0.5) is 23.4 Å². The number of imidazole rings is 2. The van der Waals surface area contributed by atoms with Gasteiger partial charge in [-0.1, -0.05) is 11.6 Å². The maximum Gasteiger partial charge on any atom is 0.306 e. The second-order valence-electron chi connectivity index (χ2n) is 9.67. The van der Waals surface area contributed by atoms with Gasteiger partial charge in [-0.15, -0.1) is 20.4 Å². The molecule has 0 radical (unpaired) electrons. The van der Waals surface area contributed by atoms with E-state index in [9.17, 15) is 17.6 Å². The van der Waals surface area contributed by atoms with E-state index in [1.165, 1.54) is 24.7 Å². The standard InChI is InChI=1S/C15H7ClF2N4O.C15H10F2N6O/c16-12-4-3-11(20-21-12)14-13(19-15-22(14)5-6-23-15)9-2-1-8(17)7-10(9)18;16-8-1-2-9(10(17)7-8)13-14(23-5-6-24-15(23)19-13)11-3-4-12(20-18)22-21-11/h1-7H;1-7H,18H2,(H,20,22). The molecule has 47 heavy (non-hydrogen) atoms. The number of anilines is 1. The van der Waals surface area contributed by atoms with Crippen molar-refractivity contribution in [2.45, 2.75) is 0 Å². The molecule has 2 aromatic carbocycles. The Bertz CT molecular complexity index is 2370. The van der Waals surface area contributed by atoms with Gasteiger partial charge in [-0.25, -0.2) is 23.4 Å². The molecule has 0 saturated heterocycles. The van der Waals surface area contributed by atoms with Crippen LogP contribution in [0.25, 0.3) is 57.0 Å². The molecule has 0 atom stereocenters. The quantitative estimate of drug-likeness (QED) is 0.117. The lowest BCUT2D eigenvalue weighted by atomic mass is 10.1. The highest BCUT2D eigenvalue weighted by molar-refractivity contribution is 6.29. The molecule has 0 saturated carbocycles. The van der Waals surface area contributed by atoms with E-state index >= 15 is 0 Å². The van der Waals surface area contributed by atoms with Crippen LogP contribution in [0.2, 0.25) is 5.15 Å². The summed E-state index contributed by atoms with van der Waals surface area (Å²) in [6.45, 7) is 0. The summed E-state index contributed by atoms with van der Waals surface area (Å²) < 4.78 is 68.4. The Hall–Kier alpha value is -6.13. The van der Waals surface area contributed by atoms with Gasteiger partial charge in [-0.2, -0.15) is 9.97 Å². The van der Waals surface area contributed by atoms with E-state index in [1.807, 2.05) is 0 Å². The Morgan fingerprint density at radius 2 is 1.15 bits per heavy atom. The average Bonchev–Trinajstić information content (AvgIpc) is 3.84. The van der Waals surface area contributed by atoms with Crippen LogP contribution in [0.3, 0.4) is 0 Å². The third-order valence-electron chi connectivity index (χ3n) is 6.83. The lowest BCUT2D eigenvalue weighted by Gasteiger charge is -2.05. The first-order chi connectivity index (χ1) is 22.8. The Morgan fingerprint density at radius 1 is 0.638 bits per heavy atom. The minimum atomic E-state index is -0.731. The highest BCUT2D eigenvalue weighted by Gasteiger charge is 2.23. The largest absolute Gasteiger partial charge is 0.432 e. The number of oxazole rings is 2. The first-order valence-electron chi connectivity index (χ1n) is 13.4. The number of hydrazine groups is 1. The van der Waals surface area contributed by atoms with Crippen molar-refractivity contribution >= 4 is 29.1 Å². The number of nitrogens with zero attached hydrogens (tertiary/aromatic N) is 8. The zero-order valence-corrected chi connectivity index (χ0v) is 24.2. The van der Waals surface area contributed by atoms with E-state index in [0.717, 1.165) is 24.3 Å². The van der Waals surface area contributed by atoms with Crippen molar-refractivity contribution in [3.05, 3.63) is 114 Å². The molecule has 234 valence electrons. The van der Waals surface area contributed by atoms with E-state index in [0.29, 0.717) is 28.6 Å². The van der Waals surface area contributed by atoms with Crippen LogP contribution in [0.5, 0.6) is 0 Å². The van der Waals surface area contributed by atoms with Crippen LogP contribution in [-0.4, -0.2) is 39.2 Å². The molecule has 0 aliphatic rings. The SMILES string of the molecule is Fc1ccc(-c2nc3occn3c2-c2ccc(Cl)nn2)c(F)c1.NNc1ccc(-c2c(-c3ccc(F)cc3F)nc3occn23)nn1. The van der Waals surface area contributed by atoms with E-state index in [1.54, 1.807) is 45.5 Å². The van der Waals surface area contributed by atoms with E-state index in [-0.39, 0.29) is 39.4 Å². The van der Waals surface area contributed by atoms with Crippen molar-refractivity contribution in [2.24, 2.45) is 5.84 Å². The molecule has 0 bridgehead atoms. The Balaban J connectivity index is 0.000000150. The van der Waals surface area contributed by atoms with Crippen LogP contribution >= 0.6 is 11.6 Å². The van der Waals surface area contributed by atoms with Crippen LogP contribution in [0.15, 0.2) is 94.4 Å². The Labute approximate surface area is 265 Å². The summed E-state index contributed by atoms with van der Waals surface area (Å²) in [6.07, 6.45) is 6.14. The molecular weight excluding hydrogens is 644 g/mol. The minimum Gasteiger partial charge on any atom is -0.432 e. The third-order valence-corrected chi connectivity index (χ3v) is 7.03. The maximum absolute atomic E-state index is 14.2. The number of aromatic nitrogens is 8. The molecule has 8 aromatic rings. The number of rotatable bonds is 5. The number of nitrogen functional groups attached to an aromatic ring is 1. The highest BCUT2D eigenvalue weighted by Crippen LogP contribution is 2.35. The van der Waals surface area contributed by atoms with Crippen LogP contribution in [0, 0.1) is 23.3 Å². The lowest BCUT2D eigenvalue weighted by molar-refractivity contribution is 0.584. The van der Waals surface area contributed by atoms with Gasteiger partial charge in [0.2, 0.25) is 0 Å². The second kappa shape index (κ2) is 12.0. The molecule has 0 spiro atoms. The molecule has 6 heterocycles. The van der Waals surface area contributed by atoms with Crippen LogP contribution in [0.1, 0.15) is 0 Å². The summed E-state index contributed by atoms with van der Waals surface area (Å²) in [5, 5.41) is 16.0. The van der Waals surface area contributed by atoms with Crippen LogP contribution in [-0.2, 0) is 0 Å². The van der Waals surface area contributed by atoms with E-state index in [4.69, 9.17) is 26.3 Å². The number of hydrogen-bond donors (Lipinski definition) is 2. The van der Waals surface area contributed by atoms with Gasteiger partial charge >= 0.3 is 11.7 Å². The van der Waals surface area contributed by atoms with Gasteiger partial charge in [0.15, 0.2) is 11.0 Å². The zero-order valence-electron chi connectivity index (χ0n) is 23.4. The summed E-state index contributed by atoms with van der Waals surface area (Å²) in [5.41, 5.74) is 5.01. The molecule has 17 heteroatoms. The van der Waals surface area contributed by atoms with Crippen molar-refractivity contribution in [2.75, 3.05) is 5.43 Å². The lowest BCUT2D eigenvalue weighted by Crippen LogP contribution is -2.09. The highest BCUT2D eigenvalue weighted by atomic mass is 35.5. The molecule has 8 rings (SSSR count). The number of fused-ring (bicyclic) bond motifs is 2. The zero-order chi connectivity index (χ0) is 32.7. The van der Waals surface area contributed by atoms with E-state index < -0.39 is 23.3 Å². The number of benzene rings is 2. The smallest absolute Gasteiger partial charge is 0.306 e. The normalized spacial score (nSPS) is 11.2. The van der Waals surface area contributed by atoms with Gasteiger partial charge in [-0.05, 0) is 48.5 Å². The maximum atomic E-state index is 14.2. The summed E-state index contributed by atoms with van der Waals surface area (Å²) in [5.74, 6) is 3.38. The first-order valence-corrected chi connectivity index (χ1v) is 13.8. The molecule has 0 amide bonds. The first kappa shape index (κ1) is 29.6. The fourth-order valence-corrected chi connectivity index (χ4v) is 4.88.